The topological polar surface area (TPSA) is 25.2 Å². The summed E-state index contributed by atoms with van der Waals surface area (Å²) in [5.74, 6) is 1.89. The summed E-state index contributed by atoms with van der Waals surface area (Å²) in [5.41, 5.74) is 2.18. The van der Waals surface area contributed by atoms with Gasteiger partial charge >= 0.3 is 0 Å². The first-order valence-electron chi connectivity index (χ1n) is 6.21. The average Bonchev–Trinajstić information content (AvgIpc) is 2.69. The number of benzene rings is 1. The summed E-state index contributed by atoms with van der Waals surface area (Å²) in [6.07, 6.45) is 0. The minimum absolute atomic E-state index is 0.201. The molecule has 2 aromatic rings. The maximum atomic E-state index is 6.14. The Bertz CT molecular complexity index is 578. The Morgan fingerprint density at radius 1 is 1.21 bits per heavy atom. The lowest BCUT2D eigenvalue weighted by Gasteiger charge is -2.14. The third-order valence-corrected chi connectivity index (χ3v) is 3.76. The average molecular weight is 298 g/mol. The van der Waals surface area contributed by atoms with E-state index in [-0.39, 0.29) is 6.04 Å². The van der Waals surface area contributed by atoms with Gasteiger partial charge in [-0.2, -0.15) is 0 Å². The maximum Gasteiger partial charge on any atom is 0.105 e. The van der Waals surface area contributed by atoms with E-state index in [1.165, 1.54) is 5.56 Å². The highest BCUT2D eigenvalue weighted by atomic mass is 35.5. The van der Waals surface area contributed by atoms with E-state index >= 15 is 0 Å². The van der Waals surface area contributed by atoms with Crippen molar-refractivity contribution in [3.63, 3.8) is 0 Å². The molecule has 0 aliphatic heterocycles. The summed E-state index contributed by atoms with van der Waals surface area (Å²) < 4.78 is 5.54. The largest absolute Gasteiger partial charge is 0.466 e. The predicted molar refractivity (Wildman–Crippen MR) is 79.9 cm³/mol. The van der Waals surface area contributed by atoms with Crippen molar-refractivity contribution in [3.8, 4) is 0 Å². The van der Waals surface area contributed by atoms with Crippen LogP contribution in [0.3, 0.4) is 0 Å². The molecule has 1 heterocycles. The third kappa shape index (κ3) is 3.53. The molecule has 0 saturated heterocycles. The zero-order valence-corrected chi connectivity index (χ0v) is 12.8. The van der Waals surface area contributed by atoms with Gasteiger partial charge in [-0.1, -0.05) is 23.2 Å². The lowest BCUT2D eigenvalue weighted by atomic mass is 10.1. The molecule has 4 heteroatoms. The first-order valence-corrected chi connectivity index (χ1v) is 6.97. The lowest BCUT2D eigenvalue weighted by Crippen LogP contribution is -2.18. The van der Waals surface area contributed by atoms with Crippen molar-refractivity contribution in [1.29, 1.82) is 0 Å². The van der Waals surface area contributed by atoms with E-state index in [0.29, 0.717) is 11.6 Å². The summed E-state index contributed by atoms with van der Waals surface area (Å²) in [7, 11) is 0. The van der Waals surface area contributed by atoms with Gasteiger partial charge in [-0.15, -0.1) is 0 Å². The van der Waals surface area contributed by atoms with Crippen LogP contribution in [0, 0.1) is 13.8 Å². The van der Waals surface area contributed by atoms with E-state index in [0.717, 1.165) is 22.1 Å². The second kappa shape index (κ2) is 6.00. The lowest BCUT2D eigenvalue weighted by molar-refractivity contribution is 0.489. The van der Waals surface area contributed by atoms with Gasteiger partial charge in [0.25, 0.3) is 0 Å². The molecule has 1 aromatic heterocycles. The molecular formula is C15H17Cl2NO. The van der Waals surface area contributed by atoms with Crippen LogP contribution in [-0.2, 0) is 6.54 Å². The van der Waals surface area contributed by atoms with Gasteiger partial charge in [-0.05, 0) is 50.6 Å². The van der Waals surface area contributed by atoms with Crippen LogP contribution in [0.1, 0.15) is 35.6 Å². The highest BCUT2D eigenvalue weighted by Gasteiger charge is 2.12. The van der Waals surface area contributed by atoms with E-state index in [4.69, 9.17) is 27.6 Å². The van der Waals surface area contributed by atoms with Crippen molar-refractivity contribution >= 4 is 23.2 Å². The Balaban J connectivity index is 2.06. The van der Waals surface area contributed by atoms with E-state index < -0.39 is 0 Å². The van der Waals surface area contributed by atoms with Gasteiger partial charge in [-0.3, -0.25) is 0 Å². The van der Waals surface area contributed by atoms with Crippen molar-refractivity contribution in [2.75, 3.05) is 0 Å². The summed E-state index contributed by atoms with van der Waals surface area (Å²) in [4.78, 5) is 0. The molecule has 0 spiro atoms. The predicted octanol–water partition coefficient (Wildman–Crippen LogP) is 5.05. The second-order valence-electron chi connectivity index (χ2n) is 4.71. The van der Waals surface area contributed by atoms with Gasteiger partial charge in [0.2, 0.25) is 0 Å². The van der Waals surface area contributed by atoms with Crippen LogP contribution in [0.15, 0.2) is 28.7 Å². The molecule has 0 amide bonds. The normalized spacial score (nSPS) is 12.7. The summed E-state index contributed by atoms with van der Waals surface area (Å²) in [6.45, 7) is 6.71. The Morgan fingerprint density at radius 3 is 2.58 bits per heavy atom. The van der Waals surface area contributed by atoms with E-state index in [1.54, 1.807) is 6.07 Å². The number of nitrogens with one attached hydrogen (secondary N) is 1. The Morgan fingerprint density at radius 2 is 1.95 bits per heavy atom. The standard InChI is InChI=1S/C15H17Cl2NO/c1-9-6-14(11(3)19-9)10(2)18-8-12-7-13(16)4-5-15(12)17/h4-7,10,18H,8H2,1-3H3. The monoisotopic (exact) mass is 297 g/mol. The zero-order valence-electron chi connectivity index (χ0n) is 11.3. The van der Waals surface area contributed by atoms with E-state index in [1.807, 2.05) is 26.0 Å². The van der Waals surface area contributed by atoms with Crippen LogP contribution < -0.4 is 5.32 Å². The summed E-state index contributed by atoms with van der Waals surface area (Å²) in [6, 6.07) is 7.76. The SMILES string of the molecule is Cc1cc(C(C)NCc2cc(Cl)ccc2Cl)c(C)o1. The minimum atomic E-state index is 0.201. The molecule has 19 heavy (non-hydrogen) atoms. The number of halogens is 2. The van der Waals surface area contributed by atoms with Gasteiger partial charge < -0.3 is 9.73 Å². The molecule has 2 nitrogen and oxygen atoms in total. The molecule has 0 radical (unpaired) electrons. The molecule has 0 bridgehead atoms. The zero-order chi connectivity index (χ0) is 14.0. The fourth-order valence-corrected chi connectivity index (χ4v) is 2.51. The number of rotatable bonds is 4. The summed E-state index contributed by atoms with van der Waals surface area (Å²) >= 11 is 12.1. The molecule has 0 aliphatic carbocycles. The van der Waals surface area contributed by atoms with Gasteiger partial charge in [-0.25, -0.2) is 0 Å². The van der Waals surface area contributed by atoms with Gasteiger partial charge in [0.05, 0.1) is 0 Å². The minimum Gasteiger partial charge on any atom is -0.466 e. The fraction of sp³-hybridized carbons (Fsp3) is 0.333. The highest BCUT2D eigenvalue weighted by Crippen LogP contribution is 2.24. The van der Waals surface area contributed by atoms with Crippen molar-refractivity contribution in [2.45, 2.75) is 33.4 Å². The fourth-order valence-electron chi connectivity index (χ4n) is 2.13. The first-order chi connectivity index (χ1) is 8.97. The van der Waals surface area contributed by atoms with Crippen molar-refractivity contribution in [2.24, 2.45) is 0 Å². The third-order valence-electron chi connectivity index (χ3n) is 3.15. The Kier molecular flexibility index (Phi) is 4.56. The molecule has 1 unspecified atom stereocenters. The number of hydrogen-bond donors (Lipinski definition) is 1. The maximum absolute atomic E-state index is 6.14. The Hall–Kier alpha value is -0.960. The van der Waals surface area contributed by atoms with Crippen LogP contribution >= 0.6 is 23.2 Å². The van der Waals surface area contributed by atoms with Crippen molar-refractivity contribution in [3.05, 3.63) is 57.0 Å². The quantitative estimate of drug-likeness (QED) is 0.854. The second-order valence-corrected chi connectivity index (χ2v) is 5.55. The summed E-state index contributed by atoms with van der Waals surface area (Å²) in [5, 5.41) is 4.86. The van der Waals surface area contributed by atoms with Crippen molar-refractivity contribution < 1.29 is 4.42 Å². The number of hydrogen-bond acceptors (Lipinski definition) is 2. The Labute approximate surface area is 123 Å². The molecule has 0 aliphatic rings. The van der Waals surface area contributed by atoms with Crippen LogP contribution in [-0.4, -0.2) is 0 Å². The van der Waals surface area contributed by atoms with Gasteiger partial charge in [0.15, 0.2) is 0 Å². The molecule has 1 atom stereocenters. The van der Waals surface area contributed by atoms with Gasteiger partial charge in [0, 0.05) is 28.2 Å². The molecule has 0 saturated carbocycles. The molecular weight excluding hydrogens is 281 g/mol. The van der Waals surface area contributed by atoms with Crippen LogP contribution in [0.25, 0.3) is 0 Å². The molecule has 102 valence electrons. The first kappa shape index (κ1) is 14.4. The van der Waals surface area contributed by atoms with Crippen LogP contribution in [0.2, 0.25) is 10.0 Å². The van der Waals surface area contributed by atoms with Crippen LogP contribution in [0.4, 0.5) is 0 Å². The van der Waals surface area contributed by atoms with Gasteiger partial charge in [0.1, 0.15) is 11.5 Å². The molecule has 2 rings (SSSR count). The smallest absolute Gasteiger partial charge is 0.105 e. The molecule has 1 N–H and O–H groups in total. The number of aryl methyl sites for hydroxylation is 2. The van der Waals surface area contributed by atoms with E-state index in [2.05, 4.69) is 18.3 Å². The highest BCUT2D eigenvalue weighted by molar-refractivity contribution is 6.33. The van der Waals surface area contributed by atoms with E-state index in [9.17, 15) is 0 Å². The molecule has 0 fully saturated rings. The number of furan rings is 1. The van der Waals surface area contributed by atoms with Crippen molar-refractivity contribution in [1.82, 2.24) is 5.32 Å². The molecule has 1 aromatic carbocycles. The van der Waals surface area contributed by atoms with Crippen LogP contribution in [0.5, 0.6) is 0 Å².